The summed E-state index contributed by atoms with van der Waals surface area (Å²) in [7, 11) is 0. The first-order valence-electron chi connectivity index (χ1n) is 6.94. The van der Waals surface area contributed by atoms with Crippen LogP contribution in [0.2, 0.25) is 5.02 Å². The number of nitrogens with one attached hydrogen (secondary N) is 1. The van der Waals surface area contributed by atoms with Gasteiger partial charge in [-0.25, -0.2) is 0 Å². The van der Waals surface area contributed by atoms with Crippen LogP contribution in [-0.2, 0) is 0 Å². The molecule has 102 valence electrons. The Morgan fingerprint density at radius 2 is 2.21 bits per heavy atom. The summed E-state index contributed by atoms with van der Waals surface area (Å²) in [5, 5.41) is 5.34. The Balaban J connectivity index is 1.99. The zero-order valence-electron chi connectivity index (χ0n) is 11.7. The monoisotopic (exact) mass is 277 g/mol. The molecule has 0 saturated heterocycles. The van der Waals surface area contributed by atoms with E-state index in [2.05, 4.69) is 38.2 Å². The third-order valence-electron chi connectivity index (χ3n) is 4.24. The van der Waals surface area contributed by atoms with Gasteiger partial charge in [-0.2, -0.15) is 0 Å². The van der Waals surface area contributed by atoms with Crippen molar-refractivity contribution < 1.29 is 4.42 Å². The summed E-state index contributed by atoms with van der Waals surface area (Å²) in [5.41, 5.74) is 1.22. The maximum atomic E-state index is 6.19. The Bertz CT molecular complexity index is 602. The van der Waals surface area contributed by atoms with Gasteiger partial charge in [0.05, 0.1) is 11.1 Å². The lowest BCUT2D eigenvalue weighted by Crippen LogP contribution is -2.23. The molecule has 0 spiro atoms. The molecule has 1 aliphatic rings. The quantitative estimate of drug-likeness (QED) is 0.870. The van der Waals surface area contributed by atoms with Crippen LogP contribution >= 0.6 is 11.6 Å². The van der Waals surface area contributed by atoms with Gasteiger partial charge in [-0.05, 0) is 36.4 Å². The number of rotatable bonds is 4. The fraction of sp³-hybridized carbons (Fsp3) is 0.500. The van der Waals surface area contributed by atoms with Crippen molar-refractivity contribution in [1.29, 1.82) is 0 Å². The molecule has 3 heteroatoms. The highest BCUT2D eigenvalue weighted by Gasteiger charge is 2.51. The minimum Gasteiger partial charge on any atom is -0.458 e. The molecule has 2 unspecified atom stereocenters. The Kier molecular flexibility index (Phi) is 3.11. The molecular formula is C16H20ClNO. The third kappa shape index (κ3) is 2.28. The van der Waals surface area contributed by atoms with Crippen LogP contribution in [0.5, 0.6) is 0 Å². The largest absolute Gasteiger partial charge is 0.458 e. The maximum Gasteiger partial charge on any atom is 0.152 e. The van der Waals surface area contributed by atoms with Gasteiger partial charge >= 0.3 is 0 Å². The summed E-state index contributed by atoms with van der Waals surface area (Å²) in [6.45, 7) is 7.72. The average molecular weight is 278 g/mol. The lowest BCUT2D eigenvalue weighted by atomic mass is 10.0. The van der Waals surface area contributed by atoms with Crippen molar-refractivity contribution in [2.24, 2.45) is 11.3 Å². The first-order valence-corrected chi connectivity index (χ1v) is 7.32. The predicted octanol–water partition coefficient (Wildman–Crippen LogP) is 4.78. The molecule has 0 bridgehead atoms. The molecule has 2 nitrogen and oxygen atoms in total. The first-order chi connectivity index (χ1) is 9.03. The topological polar surface area (TPSA) is 25.2 Å². The second-order valence-corrected chi connectivity index (χ2v) is 6.55. The standard InChI is InChI=1S/C16H20ClNO/c1-4-18-14(11-9-16(11,2)3)13-8-10-6-5-7-12(17)15(10)19-13/h5-8,11,14,18H,4,9H2,1-3H3. The molecule has 1 heterocycles. The summed E-state index contributed by atoms with van der Waals surface area (Å²) >= 11 is 6.19. The van der Waals surface area contributed by atoms with Crippen LogP contribution in [0.1, 0.15) is 39.0 Å². The summed E-state index contributed by atoms with van der Waals surface area (Å²) in [6, 6.07) is 8.31. The van der Waals surface area contributed by atoms with Gasteiger partial charge in [-0.15, -0.1) is 0 Å². The lowest BCUT2D eigenvalue weighted by molar-refractivity contribution is 0.364. The highest BCUT2D eigenvalue weighted by molar-refractivity contribution is 6.34. The molecule has 1 aliphatic carbocycles. The Morgan fingerprint density at radius 3 is 2.79 bits per heavy atom. The minimum absolute atomic E-state index is 0.295. The van der Waals surface area contributed by atoms with Gasteiger partial charge in [0, 0.05) is 5.39 Å². The van der Waals surface area contributed by atoms with Crippen LogP contribution in [0.4, 0.5) is 0 Å². The number of furan rings is 1. The van der Waals surface area contributed by atoms with Crippen LogP contribution in [0.3, 0.4) is 0 Å². The first kappa shape index (κ1) is 13.0. The second-order valence-electron chi connectivity index (χ2n) is 6.14. The van der Waals surface area contributed by atoms with E-state index in [0.29, 0.717) is 22.4 Å². The van der Waals surface area contributed by atoms with Gasteiger partial charge < -0.3 is 9.73 Å². The second kappa shape index (κ2) is 4.53. The molecule has 1 aromatic heterocycles. The average Bonchev–Trinajstić information content (AvgIpc) is 2.81. The van der Waals surface area contributed by atoms with Crippen molar-refractivity contribution in [2.45, 2.75) is 33.2 Å². The number of hydrogen-bond acceptors (Lipinski definition) is 2. The molecule has 1 fully saturated rings. The van der Waals surface area contributed by atoms with Gasteiger partial charge in [0.1, 0.15) is 5.76 Å². The van der Waals surface area contributed by atoms with Crippen LogP contribution in [0.25, 0.3) is 11.0 Å². The van der Waals surface area contributed by atoms with Gasteiger partial charge in [0.2, 0.25) is 0 Å². The molecule has 19 heavy (non-hydrogen) atoms. The highest BCUT2D eigenvalue weighted by Crippen LogP contribution is 2.58. The SMILES string of the molecule is CCNC(c1cc2cccc(Cl)c2o1)C1CC1(C)C. The van der Waals surface area contributed by atoms with E-state index in [-0.39, 0.29) is 0 Å². The van der Waals surface area contributed by atoms with E-state index in [4.69, 9.17) is 16.0 Å². The van der Waals surface area contributed by atoms with Crippen molar-refractivity contribution in [2.75, 3.05) is 6.54 Å². The summed E-state index contributed by atoms with van der Waals surface area (Å²) in [6.07, 6.45) is 1.25. The fourth-order valence-corrected chi connectivity index (χ4v) is 3.16. The molecule has 1 N–H and O–H groups in total. The van der Waals surface area contributed by atoms with Crippen LogP contribution < -0.4 is 5.32 Å². The number of halogens is 1. The van der Waals surface area contributed by atoms with Crippen molar-refractivity contribution >= 4 is 22.6 Å². The molecular weight excluding hydrogens is 258 g/mol. The number of hydrogen-bond donors (Lipinski definition) is 1. The number of fused-ring (bicyclic) bond motifs is 1. The normalized spacial score (nSPS) is 22.6. The Labute approximate surface area is 119 Å². The van der Waals surface area contributed by atoms with Gasteiger partial charge in [0.25, 0.3) is 0 Å². The van der Waals surface area contributed by atoms with E-state index in [1.807, 2.05) is 12.1 Å². The van der Waals surface area contributed by atoms with Crippen LogP contribution in [0.15, 0.2) is 28.7 Å². The molecule has 0 aliphatic heterocycles. The zero-order chi connectivity index (χ0) is 13.6. The van der Waals surface area contributed by atoms with E-state index in [9.17, 15) is 0 Å². The van der Waals surface area contributed by atoms with Gasteiger partial charge in [-0.3, -0.25) is 0 Å². The van der Waals surface area contributed by atoms with E-state index in [1.165, 1.54) is 6.42 Å². The summed E-state index contributed by atoms with van der Waals surface area (Å²) in [4.78, 5) is 0. The number of para-hydroxylation sites is 1. The fourth-order valence-electron chi connectivity index (χ4n) is 2.94. The van der Waals surface area contributed by atoms with E-state index >= 15 is 0 Å². The summed E-state index contributed by atoms with van der Waals surface area (Å²) in [5.74, 6) is 1.66. The van der Waals surface area contributed by atoms with E-state index in [0.717, 1.165) is 23.3 Å². The predicted molar refractivity (Wildman–Crippen MR) is 79.5 cm³/mol. The Hall–Kier alpha value is -0.990. The van der Waals surface area contributed by atoms with Crippen molar-refractivity contribution in [3.05, 3.63) is 35.0 Å². The smallest absolute Gasteiger partial charge is 0.152 e. The molecule has 0 radical (unpaired) electrons. The van der Waals surface area contributed by atoms with Crippen molar-refractivity contribution in [3.63, 3.8) is 0 Å². The minimum atomic E-state index is 0.295. The van der Waals surface area contributed by atoms with Crippen molar-refractivity contribution in [1.82, 2.24) is 5.32 Å². The molecule has 0 amide bonds. The molecule has 3 rings (SSSR count). The van der Waals surface area contributed by atoms with Gasteiger partial charge in [-0.1, -0.05) is 44.5 Å². The van der Waals surface area contributed by atoms with Crippen LogP contribution in [0, 0.1) is 11.3 Å². The Morgan fingerprint density at radius 1 is 1.47 bits per heavy atom. The number of benzene rings is 1. The highest BCUT2D eigenvalue weighted by atomic mass is 35.5. The van der Waals surface area contributed by atoms with Gasteiger partial charge in [0.15, 0.2) is 5.58 Å². The van der Waals surface area contributed by atoms with E-state index in [1.54, 1.807) is 0 Å². The lowest BCUT2D eigenvalue weighted by Gasteiger charge is -2.17. The third-order valence-corrected chi connectivity index (χ3v) is 4.54. The maximum absolute atomic E-state index is 6.19. The zero-order valence-corrected chi connectivity index (χ0v) is 12.4. The van der Waals surface area contributed by atoms with Crippen LogP contribution in [-0.4, -0.2) is 6.54 Å². The molecule has 2 aromatic rings. The molecule has 1 saturated carbocycles. The summed E-state index contributed by atoms with van der Waals surface area (Å²) < 4.78 is 6.01. The van der Waals surface area contributed by atoms with Crippen molar-refractivity contribution in [3.8, 4) is 0 Å². The van der Waals surface area contributed by atoms with E-state index < -0.39 is 0 Å². The molecule has 1 aromatic carbocycles. The molecule has 2 atom stereocenters.